The number of benzene rings is 2. The molecule has 0 fully saturated rings. The summed E-state index contributed by atoms with van der Waals surface area (Å²) in [4.78, 5) is 51.3. The summed E-state index contributed by atoms with van der Waals surface area (Å²) in [6, 6.07) is 13.9. The first-order valence-corrected chi connectivity index (χ1v) is 20.5. The van der Waals surface area contributed by atoms with Gasteiger partial charge in [-0.15, -0.1) is 0 Å². The molecule has 0 saturated carbocycles. The van der Waals surface area contributed by atoms with Gasteiger partial charge in [0.1, 0.15) is 13.2 Å². The van der Waals surface area contributed by atoms with Crippen LogP contribution in [0.15, 0.2) is 71.9 Å². The number of aromatic nitrogens is 4. The van der Waals surface area contributed by atoms with Gasteiger partial charge in [0.2, 0.25) is 11.6 Å². The van der Waals surface area contributed by atoms with Crippen molar-refractivity contribution in [3.8, 4) is 34.8 Å². The fourth-order valence-corrected chi connectivity index (χ4v) is 6.35. The Balaban J connectivity index is 1.76. The van der Waals surface area contributed by atoms with Crippen molar-refractivity contribution in [2.75, 3.05) is 57.8 Å². The summed E-state index contributed by atoms with van der Waals surface area (Å²) in [6.45, 7) is 3.58. The smallest absolute Gasteiger partial charge is 0.493 e. The van der Waals surface area contributed by atoms with Crippen LogP contribution in [0, 0.1) is 0 Å². The molecular formula is C38H49N7O17S. The van der Waals surface area contributed by atoms with E-state index in [0.29, 0.717) is 17.1 Å². The van der Waals surface area contributed by atoms with E-state index < -0.39 is 70.5 Å². The summed E-state index contributed by atoms with van der Waals surface area (Å²) >= 11 is 0. The van der Waals surface area contributed by atoms with Gasteiger partial charge >= 0.3 is 12.3 Å². The lowest BCUT2D eigenvalue weighted by Gasteiger charge is -2.26. The number of hydrogen-bond acceptors (Lipinski definition) is 23. The number of sulfonamides is 1. The maximum absolute atomic E-state index is 14.8. The average molecular weight is 908 g/mol. The topological polar surface area (TPSA) is 294 Å². The molecule has 63 heavy (non-hydrogen) atoms. The van der Waals surface area contributed by atoms with Gasteiger partial charge in [-0.05, 0) is 67.0 Å². The van der Waals surface area contributed by atoms with E-state index in [9.17, 15) is 18.0 Å². The van der Waals surface area contributed by atoms with E-state index in [0.717, 1.165) is 5.56 Å². The number of methoxy groups -OCH3 is 1. The first kappa shape index (κ1) is 49.6. The molecule has 24 nitrogen and oxygen atoms in total. The molecule has 2 aromatic heterocycles. The Morgan fingerprint density at radius 2 is 1.22 bits per heavy atom. The van der Waals surface area contributed by atoms with Gasteiger partial charge in [0.05, 0.1) is 49.2 Å². The highest BCUT2D eigenvalue weighted by atomic mass is 32.2. The summed E-state index contributed by atoms with van der Waals surface area (Å²) in [5, 5.41) is 33.7. The summed E-state index contributed by atoms with van der Waals surface area (Å²) in [6.07, 6.45) is 1.55. The molecule has 0 atom stereocenters. The van der Waals surface area contributed by atoms with E-state index >= 15 is 0 Å². The second-order valence-corrected chi connectivity index (χ2v) is 15.6. The van der Waals surface area contributed by atoms with Crippen LogP contribution in [0.1, 0.15) is 52.0 Å². The van der Waals surface area contributed by atoms with Crippen LogP contribution in [0.2, 0.25) is 0 Å². The highest BCUT2D eigenvalue weighted by Gasteiger charge is 2.35. The molecule has 0 aliphatic heterocycles. The minimum absolute atomic E-state index is 0.0519. The Morgan fingerprint density at radius 1 is 0.667 bits per heavy atom. The molecule has 0 amide bonds. The highest BCUT2D eigenvalue weighted by Crippen LogP contribution is 2.43. The number of hydrogen-bond donors (Lipinski definition) is 4. The van der Waals surface area contributed by atoms with Crippen molar-refractivity contribution in [3.05, 3.63) is 72.6 Å². The predicted molar refractivity (Wildman–Crippen MR) is 212 cm³/mol. The summed E-state index contributed by atoms with van der Waals surface area (Å²) in [5.41, 5.74) is 0.485. The molecule has 0 radical (unpaired) electrons. The zero-order chi connectivity index (χ0) is 45.8. The van der Waals surface area contributed by atoms with Crippen molar-refractivity contribution < 1.29 is 81.7 Å². The van der Waals surface area contributed by atoms with Gasteiger partial charge in [-0.2, -0.15) is 4.98 Å². The first-order valence-electron chi connectivity index (χ1n) is 19.1. The Hall–Kier alpha value is -6.03. The molecule has 4 N–H and O–H groups in total. The minimum Gasteiger partial charge on any atom is -0.493 e. The number of nitrogens with zero attached hydrogens (tertiary/aromatic N) is 7. The van der Waals surface area contributed by atoms with Crippen LogP contribution >= 0.6 is 0 Å². The third-order valence-electron chi connectivity index (χ3n) is 8.18. The van der Waals surface area contributed by atoms with Gasteiger partial charge in [0.15, 0.2) is 29.9 Å². The monoisotopic (exact) mass is 907 g/mol. The fourth-order valence-electron chi connectivity index (χ4n) is 5.07. The number of rotatable bonds is 25. The third-order valence-corrected chi connectivity index (χ3v) is 9.91. The summed E-state index contributed by atoms with van der Waals surface area (Å²) < 4.78 is 68.7. The number of ether oxygens (including phenoxy) is 7. The first-order chi connectivity index (χ1) is 30.1. The maximum atomic E-state index is 14.8. The zero-order valence-corrected chi connectivity index (χ0v) is 35.6. The molecule has 0 bridgehead atoms. The molecule has 4 aromatic rings. The predicted octanol–water partition coefficient (Wildman–Crippen LogP) is 5.45. The van der Waals surface area contributed by atoms with Crippen molar-refractivity contribution in [2.45, 2.75) is 56.8 Å². The minimum atomic E-state index is -4.74. The van der Waals surface area contributed by atoms with Gasteiger partial charge in [0, 0.05) is 12.4 Å². The van der Waals surface area contributed by atoms with Crippen LogP contribution in [0.4, 0.5) is 15.4 Å². The number of carbonyl (C=O) groups excluding carboxylic acids is 2. The Kier molecular flexibility index (Phi) is 19.4. The third kappa shape index (κ3) is 16.0. The van der Waals surface area contributed by atoms with Gasteiger partial charge in [0.25, 0.3) is 15.9 Å². The molecule has 0 aliphatic rings. The van der Waals surface area contributed by atoms with Crippen molar-refractivity contribution in [2.24, 2.45) is 0 Å². The van der Waals surface area contributed by atoms with Crippen LogP contribution < -0.4 is 18.5 Å². The SMILES string of the molecule is COc1ccccc1Oc1c(OCCOC(=O)OCCCCON(O)O)nc(-c2ncccn2)nc1N(COC(=O)OCCCCON(O)O)S(=O)(=O)c1ccc(C(C)(C)C)cc1. The molecule has 4 rings (SSSR count). The maximum Gasteiger partial charge on any atom is 0.510 e. The van der Waals surface area contributed by atoms with E-state index in [4.69, 9.17) is 54.0 Å². The molecular weight excluding hydrogens is 859 g/mol. The molecule has 25 heteroatoms. The average Bonchev–Trinajstić information content (AvgIpc) is 3.25. The second-order valence-electron chi connectivity index (χ2n) is 13.7. The number of carbonyl (C=O) groups is 2. The molecule has 0 aliphatic carbocycles. The summed E-state index contributed by atoms with van der Waals surface area (Å²) in [7, 11) is -3.36. The van der Waals surface area contributed by atoms with Crippen molar-refractivity contribution in [3.63, 3.8) is 0 Å². The normalized spacial score (nSPS) is 11.6. The standard InChI is InChI=1S/C38H49N7O17S/c1-38(2,3)27-14-16-28(17-15-27)63(52,53)43(26-59-37(47)57-21-8-10-23-61-45(50)51)34-31(62-30-13-6-5-12-29(30)54-4)35(42-33(41-34)32-39-18-11-19-40-32)55-24-25-58-36(46)56-20-7-9-22-60-44(48)49/h5-6,11-19,48-51H,7-10,20-26H2,1-4H3. The Bertz CT molecular complexity index is 2150. The Morgan fingerprint density at radius 3 is 1.79 bits per heavy atom. The van der Waals surface area contributed by atoms with E-state index in [1.807, 2.05) is 20.8 Å². The summed E-state index contributed by atoms with van der Waals surface area (Å²) in [5.74, 6) is -1.44. The quantitative estimate of drug-likeness (QED) is 0.0278. The van der Waals surface area contributed by atoms with Crippen LogP contribution in [0.5, 0.6) is 23.1 Å². The van der Waals surface area contributed by atoms with Crippen molar-refractivity contribution in [1.29, 1.82) is 0 Å². The molecule has 344 valence electrons. The lowest BCUT2D eigenvalue weighted by Crippen LogP contribution is -2.36. The van der Waals surface area contributed by atoms with Gasteiger partial charge < -0.3 is 33.2 Å². The van der Waals surface area contributed by atoms with Crippen LogP contribution in [0.25, 0.3) is 11.6 Å². The van der Waals surface area contributed by atoms with E-state index in [-0.39, 0.29) is 72.7 Å². The van der Waals surface area contributed by atoms with E-state index in [2.05, 4.69) is 29.6 Å². The van der Waals surface area contributed by atoms with Gasteiger partial charge in [-0.25, -0.2) is 37.3 Å². The lowest BCUT2D eigenvalue weighted by molar-refractivity contribution is -0.492. The molecule has 0 unspecified atom stereocenters. The van der Waals surface area contributed by atoms with Gasteiger partial charge in [-0.3, -0.25) is 30.5 Å². The number of unbranched alkanes of at least 4 members (excludes halogenated alkanes) is 2. The van der Waals surface area contributed by atoms with E-state index in [1.54, 1.807) is 30.3 Å². The van der Waals surface area contributed by atoms with Crippen molar-refractivity contribution in [1.82, 2.24) is 30.7 Å². The number of para-hydroxylation sites is 2. The molecule has 2 aromatic carbocycles. The second kappa shape index (κ2) is 24.6. The molecule has 2 heterocycles. The fraction of sp³-hybridized carbons (Fsp3) is 0.421. The van der Waals surface area contributed by atoms with Crippen LogP contribution in [0.3, 0.4) is 0 Å². The van der Waals surface area contributed by atoms with E-state index in [1.165, 1.54) is 43.8 Å². The molecule has 0 spiro atoms. The van der Waals surface area contributed by atoms with Crippen molar-refractivity contribution >= 4 is 28.2 Å². The number of anilines is 1. The largest absolute Gasteiger partial charge is 0.510 e. The zero-order valence-electron chi connectivity index (χ0n) is 34.8. The van der Waals surface area contributed by atoms with Gasteiger partial charge in [-0.1, -0.05) is 45.0 Å². The lowest BCUT2D eigenvalue weighted by atomic mass is 9.87. The Labute approximate surface area is 361 Å². The van der Waals surface area contributed by atoms with Crippen LogP contribution in [-0.2, 0) is 44.1 Å². The molecule has 0 saturated heterocycles. The highest BCUT2D eigenvalue weighted by molar-refractivity contribution is 7.92. The van der Waals surface area contributed by atoms with Crippen LogP contribution in [-0.4, -0.2) is 126 Å².